The summed E-state index contributed by atoms with van der Waals surface area (Å²) in [5, 5.41) is 13.5. The Kier molecular flexibility index (Phi) is 4.23. The third-order valence-electron chi connectivity index (χ3n) is 2.13. The van der Waals surface area contributed by atoms with Gasteiger partial charge in [0.15, 0.2) is 11.0 Å². The quantitative estimate of drug-likeness (QED) is 0.656. The zero-order chi connectivity index (χ0) is 13.1. The van der Waals surface area contributed by atoms with Gasteiger partial charge in [-0.2, -0.15) is 5.10 Å². The van der Waals surface area contributed by atoms with Gasteiger partial charge in [0.2, 0.25) is 0 Å². The van der Waals surface area contributed by atoms with Gasteiger partial charge in [0.25, 0.3) is 0 Å². The van der Waals surface area contributed by atoms with E-state index in [1.807, 2.05) is 24.3 Å². The van der Waals surface area contributed by atoms with Gasteiger partial charge in [-0.05, 0) is 34.7 Å². The van der Waals surface area contributed by atoms with Gasteiger partial charge in [-0.15, -0.1) is 0 Å². The van der Waals surface area contributed by atoms with E-state index in [2.05, 4.69) is 32.7 Å². The number of hydrogen-bond donors (Lipinski definition) is 1. The van der Waals surface area contributed by atoms with E-state index in [0.717, 1.165) is 20.9 Å². The van der Waals surface area contributed by atoms with Gasteiger partial charge >= 0.3 is 5.97 Å². The predicted molar refractivity (Wildman–Crippen MR) is 77.5 cm³/mol. The lowest BCUT2D eigenvalue weighted by molar-refractivity contribution is -0.133. The molecule has 0 aliphatic rings. The number of carboxylic acid groups (broad SMARTS) is 1. The molecule has 7 heteroatoms. The summed E-state index contributed by atoms with van der Waals surface area (Å²) in [6.45, 7) is 0. The van der Waals surface area contributed by atoms with Crippen molar-refractivity contribution in [2.45, 2.75) is 5.16 Å². The van der Waals surface area contributed by atoms with Crippen LogP contribution in [-0.4, -0.2) is 31.6 Å². The molecule has 0 amide bonds. The van der Waals surface area contributed by atoms with E-state index in [4.69, 9.17) is 5.11 Å². The average Bonchev–Trinajstić information content (AvgIpc) is 2.68. The third-order valence-corrected chi connectivity index (χ3v) is 3.81. The van der Waals surface area contributed by atoms with Crippen molar-refractivity contribution in [3.63, 3.8) is 0 Å². The number of nitrogens with zero attached hydrogens (tertiary/aromatic N) is 3. The summed E-state index contributed by atoms with van der Waals surface area (Å²) in [5.41, 5.74) is 0.930. The maximum atomic E-state index is 10.5. The van der Waals surface area contributed by atoms with Crippen LogP contribution in [0.4, 0.5) is 0 Å². The largest absolute Gasteiger partial charge is 0.481 e. The fraction of sp³-hybridized carbons (Fsp3) is 0.182. The lowest BCUT2D eigenvalue weighted by Gasteiger charge is -1.95. The van der Waals surface area contributed by atoms with E-state index in [-0.39, 0.29) is 5.75 Å². The Morgan fingerprint density at radius 3 is 3.00 bits per heavy atom. The van der Waals surface area contributed by atoms with Gasteiger partial charge in [0.1, 0.15) is 0 Å². The molecule has 1 N–H and O–H groups in total. The monoisotopic (exact) mass is 375 g/mol. The van der Waals surface area contributed by atoms with Gasteiger partial charge < -0.3 is 5.11 Å². The number of rotatable bonds is 4. The lowest BCUT2D eigenvalue weighted by Crippen LogP contribution is -2.00. The molecule has 0 spiro atoms. The van der Waals surface area contributed by atoms with Crippen LogP contribution in [0, 0.1) is 3.57 Å². The molecule has 0 radical (unpaired) electrons. The van der Waals surface area contributed by atoms with Crippen LogP contribution >= 0.6 is 34.4 Å². The molecule has 1 aromatic carbocycles. The van der Waals surface area contributed by atoms with Crippen LogP contribution in [0.3, 0.4) is 0 Å². The fourth-order valence-electron chi connectivity index (χ4n) is 1.37. The molecule has 2 rings (SSSR count). The topological polar surface area (TPSA) is 68.0 Å². The van der Waals surface area contributed by atoms with E-state index in [0.29, 0.717) is 11.0 Å². The highest BCUT2D eigenvalue weighted by atomic mass is 127. The average molecular weight is 375 g/mol. The molecule has 0 aliphatic carbocycles. The van der Waals surface area contributed by atoms with Crippen LogP contribution in [-0.2, 0) is 11.8 Å². The van der Waals surface area contributed by atoms with E-state index in [1.165, 1.54) is 0 Å². The van der Waals surface area contributed by atoms with E-state index in [1.54, 1.807) is 11.7 Å². The van der Waals surface area contributed by atoms with Crippen molar-refractivity contribution in [1.82, 2.24) is 14.8 Å². The standard InChI is InChI=1S/C11H10IN3O2S/c1-15-11(18-6-9(16)17)13-10(14-15)7-3-2-4-8(12)5-7/h2-5H,6H2,1H3,(H,16,17). The Balaban J connectivity index is 2.25. The highest BCUT2D eigenvalue weighted by Gasteiger charge is 2.11. The summed E-state index contributed by atoms with van der Waals surface area (Å²) in [7, 11) is 1.76. The zero-order valence-corrected chi connectivity index (χ0v) is 12.5. The van der Waals surface area contributed by atoms with Crippen molar-refractivity contribution in [1.29, 1.82) is 0 Å². The molecule has 0 unspecified atom stereocenters. The number of hydrogen-bond acceptors (Lipinski definition) is 4. The maximum Gasteiger partial charge on any atom is 0.313 e. The highest BCUT2D eigenvalue weighted by Crippen LogP contribution is 2.22. The first-order valence-corrected chi connectivity index (χ1v) is 7.14. The third kappa shape index (κ3) is 3.22. The van der Waals surface area contributed by atoms with Crippen LogP contribution in [0.2, 0.25) is 0 Å². The van der Waals surface area contributed by atoms with E-state index in [9.17, 15) is 4.79 Å². The second kappa shape index (κ2) is 5.70. The number of benzene rings is 1. The minimum atomic E-state index is -0.862. The zero-order valence-electron chi connectivity index (χ0n) is 9.50. The molecular formula is C11H10IN3O2S. The summed E-state index contributed by atoms with van der Waals surface area (Å²) in [6, 6.07) is 7.86. The Morgan fingerprint density at radius 2 is 2.33 bits per heavy atom. The normalized spacial score (nSPS) is 10.6. The Morgan fingerprint density at radius 1 is 1.56 bits per heavy atom. The molecule has 94 valence electrons. The molecule has 0 aliphatic heterocycles. The van der Waals surface area contributed by atoms with Gasteiger partial charge in [-0.25, -0.2) is 9.67 Å². The van der Waals surface area contributed by atoms with Crippen molar-refractivity contribution in [3.8, 4) is 11.4 Å². The second-order valence-corrected chi connectivity index (χ2v) is 5.72. The SMILES string of the molecule is Cn1nc(-c2cccc(I)c2)nc1SCC(=O)O. The van der Waals surface area contributed by atoms with Crippen molar-refractivity contribution in [2.24, 2.45) is 7.05 Å². The molecule has 1 aromatic heterocycles. The minimum absolute atomic E-state index is 0.0156. The molecular weight excluding hydrogens is 365 g/mol. The fourth-order valence-corrected chi connectivity index (χ4v) is 2.55. The van der Waals surface area contributed by atoms with Crippen LogP contribution in [0.5, 0.6) is 0 Å². The van der Waals surface area contributed by atoms with Crippen LogP contribution in [0.15, 0.2) is 29.4 Å². The van der Waals surface area contributed by atoms with Crippen LogP contribution < -0.4 is 0 Å². The van der Waals surface area contributed by atoms with E-state index >= 15 is 0 Å². The summed E-state index contributed by atoms with van der Waals surface area (Å²) < 4.78 is 2.71. The number of halogens is 1. The first kappa shape index (κ1) is 13.3. The minimum Gasteiger partial charge on any atom is -0.481 e. The highest BCUT2D eigenvalue weighted by molar-refractivity contribution is 14.1. The van der Waals surface area contributed by atoms with Gasteiger partial charge in [0.05, 0.1) is 5.75 Å². The smallest absolute Gasteiger partial charge is 0.313 e. The van der Waals surface area contributed by atoms with Crippen molar-refractivity contribution in [2.75, 3.05) is 5.75 Å². The number of aliphatic carboxylic acids is 1. The Bertz CT molecular complexity index is 585. The number of thioether (sulfide) groups is 1. The van der Waals surface area contributed by atoms with Crippen molar-refractivity contribution >= 4 is 40.3 Å². The molecule has 18 heavy (non-hydrogen) atoms. The Labute approximate surface area is 122 Å². The molecule has 0 bridgehead atoms. The first-order valence-electron chi connectivity index (χ1n) is 5.08. The maximum absolute atomic E-state index is 10.5. The number of aromatic nitrogens is 3. The van der Waals surface area contributed by atoms with Crippen molar-refractivity contribution < 1.29 is 9.90 Å². The summed E-state index contributed by atoms with van der Waals surface area (Å²) in [5.74, 6) is -0.263. The summed E-state index contributed by atoms with van der Waals surface area (Å²) >= 11 is 3.39. The number of carboxylic acids is 1. The van der Waals surface area contributed by atoms with Crippen LogP contribution in [0.25, 0.3) is 11.4 Å². The summed E-state index contributed by atoms with van der Waals surface area (Å²) in [4.78, 5) is 14.9. The molecule has 2 aromatic rings. The predicted octanol–water partition coefficient (Wildman–Crippen LogP) is 2.26. The van der Waals surface area contributed by atoms with Crippen molar-refractivity contribution in [3.05, 3.63) is 27.8 Å². The second-order valence-electron chi connectivity index (χ2n) is 3.53. The number of aryl methyl sites for hydroxylation is 1. The molecule has 0 saturated carbocycles. The molecule has 0 atom stereocenters. The molecule has 0 saturated heterocycles. The van der Waals surface area contributed by atoms with Gasteiger partial charge in [0, 0.05) is 16.2 Å². The number of carbonyl (C=O) groups is 1. The van der Waals surface area contributed by atoms with Gasteiger partial charge in [-0.3, -0.25) is 4.79 Å². The summed E-state index contributed by atoms with van der Waals surface area (Å²) in [6.07, 6.45) is 0. The molecule has 5 nitrogen and oxygen atoms in total. The first-order chi connectivity index (χ1) is 8.56. The molecule has 1 heterocycles. The van der Waals surface area contributed by atoms with Crippen LogP contribution in [0.1, 0.15) is 0 Å². The Hall–Kier alpha value is -1.09. The molecule has 0 fully saturated rings. The van der Waals surface area contributed by atoms with E-state index < -0.39 is 5.97 Å². The van der Waals surface area contributed by atoms with Gasteiger partial charge in [-0.1, -0.05) is 23.9 Å². The lowest BCUT2D eigenvalue weighted by atomic mass is 10.2.